The van der Waals surface area contributed by atoms with E-state index in [1.165, 1.54) is 16.6 Å². The summed E-state index contributed by atoms with van der Waals surface area (Å²) in [5.41, 5.74) is 0. The summed E-state index contributed by atoms with van der Waals surface area (Å²) in [5, 5.41) is 12.0. The lowest BCUT2D eigenvalue weighted by Gasteiger charge is -2.21. The van der Waals surface area contributed by atoms with Gasteiger partial charge in [-0.25, -0.2) is 13.4 Å². The van der Waals surface area contributed by atoms with E-state index in [0.717, 1.165) is 19.4 Å². The number of aromatic nitrogens is 1. The summed E-state index contributed by atoms with van der Waals surface area (Å²) in [6.07, 6.45) is 3.01. The first-order valence-corrected chi connectivity index (χ1v) is 8.31. The zero-order valence-electron chi connectivity index (χ0n) is 12.0. The molecule has 0 aliphatic heterocycles. The van der Waals surface area contributed by atoms with Crippen LogP contribution in [0.15, 0.2) is 23.2 Å². The number of nitrogens with zero attached hydrogens (tertiary/aromatic N) is 2. The van der Waals surface area contributed by atoms with Crippen molar-refractivity contribution >= 4 is 15.8 Å². The Balaban J connectivity index is 2.93. The van der Waals surface area contributed by atoms with Gasteiger partial charge in [-0.2, -0.15) is 4.31 Å². The molecule has 0 unspecified atom stereocenters. The van der Waals surface area contributed by atoms with Crippen molar-refractivity contribution in [3.8, 4) is 0 Å². The number of nitrogens with one attached hydrogen (secondary N) is 1. The Hall–Kier alpha value is -1.18. The van der Waals surface area contributed by atoms with Gasteiger partial charge in [0.05, 0.1) is 6.61 Å². The van der Waals surface area contributed by atoms with E-state index >= 15 is 0 Å². The van der Waals surface area contributed by atoms with E-state index in [9.17, 15) is 8.42 Å². The van der Waals surface area contributed by atoms with Crippen LogP contribution in [0.3, 0.4) is 0 Å². The van der Waals surface area contributed by atoms with Crippen LogP contribution in [0.4, 0.5) is 5.82 Å². The van der Waals surface area contributed by atoms with Crippen LogP contribution in [-0.2, 0) is 10.0 Å². The van der Waals surface area contributed by atoms with Gasteiger partial charge in [0.15, 0.2) is 0 Å². The summed E-state index contributed by atoms with van der Waals surface area (Å²) in [4.78, 5) is 4.23. The van der Waals surface area contributed by atoms with Crippen LogP contribution in [0.5, 0.6) is 0 Å². The smallest absolute Gasteiger partial charge is 0.244 e. The average Bonchev–Trinajstić information content (AvgIpc) is 2.44. The van der Waals surface area contributed by atoms with Crippen molar-refractivity contribution < 1.29 is 13.5 Å². The number of aliphatic hydroxyl groups excluding tert-OH is 1. The predicted molar refractivity (Wildman–Crippen MR) is 79.2 cm³/mol. The Morgan fingerprint density at radius 3 is 2.55 bits per heavy atom. The average molecular weight is 301 g/mol. The van der Waals surface area contributed by atoms with Gasteiger partial charge in [0, 0.05) is 25.8 Å². The Morgan fingerprint density at radius 2 is 2.05 bits per heavy atom. The molecule has 20 heavy (non-hydrogen) atoms. The van der Waals surface area contributed by atoms with Crippen molar-refractivity contribution in [1.82, 2.24) is 9.29 Å². The van der Waals surface area contributed by atoms with E-state index < -0.39 is 10.0 Å². The molecule has 0 bridgehead atoms. The van der Waals surface area contributed by atoms with E-state index in [0.29, 0.717) is 12.4 Å². The number of pyridine rings is 1. The third-order valence-electron chi connectivity index (χ3n) is 2.84. The van der Waals surface area contributed by atoms with Gasteiger partial charge in [-0.1, -0.05) is 13.3 Å². The second-order valence-electron chi connectivity index (χ2n) is 4.39. The van der Waals surface area contributed by atoms with Crippen molar-refractivity contribution in [3.63, 3.8) is 0 Å². The second-order valence-corrected chi connectivity index (χ2v) is 6.33. The molecule has 1 heterocycles. The van der Waals surface area contributed by atoms with Crippen LogP contribution >= 0.6 is 0 Å². The minimum atomic E-state index is -3.58. The van der Waals surface area contributed by atoms with Gasteiger partial charge >= 0.3 is 0 Å². The van der Waals surface area contributed by atoms with E-state index in [-0.39, 0.29) is 18.0 Å². The van der Waals surface area contributed by atoms with Gasteiger partial charge in [-0.05, 0) is 25.5 Å². The maximum absolute atomic E-state index is 12.5. The Kier molecular flexibility index (Phi) is 6.90. The molecule has 0 radical (unpaired) electrons. The number of hydrogen-bond acceptors (Lipinski definition) is 5. The highest BCUT2D eigenvalue weighted by Crippen LogP contribution is 2.16. The summed E-state index contributed by atoms with van der Waals surface area (Å²) < 4.78 is 26.2. The summed E-state index contributed by atoms with van der Waals surface area (Å²) in [6.45, 7) is 5.00. The highest BCUT2D eigenvalue weighted by Gasteiger charge is 2.23. The number of aliphatic hydroxyl groups is 1. The number of unbranched alkanes of at least 4 members (excludes halogenated alkanes) is 1. The lowest BCUT2D eigenvalue weighted by molar-refractivity contribution is 0.252. The minimum absolute atomic E-state index is 0.108. The van der Waals surface area contributed by atoms with Crippen molar-refractivity contribution in [2.24, 2.45) is 0 Å². The second kappa shape index (κ2) is 8.18. The standard InChI is InChI=1S/C13H23N3O3S/c1-3-5-8-16(9-10-17)20(18,19)12-6-7-13(14-4-2)15-11-12/h6-7,11,17H,3-5,8-10H2,1-2H3,(H,14,15). The van der Waals surface area contributed by atoms with Crippen LogP contribution in [0.1, 0.15) is 26.7 Å². The minimum Gasteiger partial charge on any atom is -0.395 e. The van der Waals surface area contributed by atoms with Crippen molar-refractivity contribution in [3.05, 3.63) is 18.3 Å². The monoisotopic (exact) mass is 301 g/mol. The quantitative estimate of drug-likeness (QED) is 0.718. The molecule has 6 nitrogen and oxygen atoms in total. The lowest BCUT2D eigenvalue weighted by Crippen LogP contribution is -2.34. The van der Waals surface area contributed by atoms with Gasteiger partial charge in [-0.3, -0.25) is 0 Å². The normalized spacial score (nSPS) is 11.8. The van der Waals surface area contributed by atoms with Crippen molar-refractivity contribution in [2.45, 2.75) is 31.6 Å². The van der Waals surface area contributed by atoms with Crippen molar-refractivity contribution in [2.75, 3.05) is 31.6 Å². The molecule has 7 heteroatoms. The van der Waals surface area contributed by atoms with Gasteiger partial charge in [-0.15, -0.1) is 0 Å². The largest absolute Gasteiger partial charge is 0.395 e. The van der Waals surface area contributed by atoms with Crippen LogP contribution in [-0.4, -0.2) is 49.1 Å². The summed E-state index contributed by atoms with van der Waals surface area (Å²) in [6, 6.07) is 3.18. The van der Waals surface area contributed by atoms with Crippen LogP contribution in [0, 0.1) is 0 Å². The Bertz CT molecular complexity index is 488. The van der Waals surface area contributed by atoms with E-state index in [1.807, 2.05) is 13.8 Å². The highest BCUT2D eigenvalue weighted by atomic mass is 32.2. The van der Waals surface area contributed by atoms with Gasteiger partial charge in [0.1, 0.15) is 10.7 Å². The van der Waals surface area contributed by atoms with Gasteiger partial charge < -0.3 is 10.4 Å². The Labute approximate surface area is 120 Å². The summed E-state index contributed by atoms with van der Waals surface area (Å²) >= 11 is 0. The zero-order valence-corrected chi connectivity index (χ0v) is 12.9. The summed E-state index contributed by atoms with van der Waals surface area (Å²) in [5.74, 6) is 0.647. The molecule has 0 aromatic carbocycles. The third-order valence-corrected chi connectivity index (χ3v) is 4.72. The van der Waals surface area contributed by atoms with Crippen LogP contribution < -0.4 is 5.32 Å². The topological polar surface area (TPSA) is 82.5 Å². The molecular weight excluding hydrogens is 278 g/mol. The first-order chi connectivity index (χ1) is 9.56. The molecule has 1 aromatic heterocycles. The fraction of sp³-hybridized carbons (Fsp3) is 0.615. The fourth-order valence-electron chi connectivity index (χ4n) is 1.77. The number of sulfonamides is 1. The van der Waals surface area contributed by atoms with Crippen LogP contribution in [0.25, 0.3) is 0 Å². The van der Waals surface area contributed by atoms with Gasteiger partial charge in [0.25, 0.3) is 0 Å². The van der Waals surface area contributed by atoms with E-state index in [2.05, 4.69) is 10.3 Å². The SMILES string of the molecule is CCCCN(CCO)S(=O)(=O)c1ccc(NCC)nc1. The van der Waals surface area contributed by atoms with Gasteiger partial charge in [0.2, 0.25) is 10.0 Å². The van der Waals surface area contributed by atoms with E-state index in [4.69, 9.17) is 5.11 Å². The molecule has 0 saturated heterocycles. The molecule has 0 fully saturated rings. The molecule has 114 valence electrons. The molecule has 1 rings (SSSR count). The van der Waals surface area contributed by atoms with Crippen molar-refractivity contribution in [1.29, 1.82) is 0 Å². The predicted octanol–water partition coefficient (Wildman–Crippen LogP) is 1.30. The maximum Gasteiger partial charge on any atom is 0.244 e. The lowest BCUT2D eigenvalue weighted by atomic mass is 10.3. The highest BCUT2D eigenvalue weighted by molar-refractivity contribution is 7.89. The molecule has 0 amide bonds. The molecule has 0 aliphatic rings. The number of anilines is 1. The molecule has 0 spiro atoms. The molecule has 0 atom stereocenters. The number of rotatable bonds is 9. The summed E-state index contributed by atoms with van der Waals surface area (Å²) in [7, 11) is -3.58. The molecule has 0 aliphatic carbocycles. The molecular formula is C13H23N3O3S. The third kappa shape index (κ3) is 4.43. The first kappa shape index (κ1) is 16.9. The molecule has 2 N–H and O–H groups in total. The van der Waals surface area contributed by atoms with Crippen LogP contribution in [0.2, 0.25) is 0 Å². The first-order valence-electron chi connectivity index (χ1n) is 6.87. The zero-order chi connectivity index (χ0) is 15.0. The van der Waals surface area contributed by atoms with E-state index in [1.54, 1.807) is 6.07 Å². The fourth-order valence-corrected chi connectivity index (χ4v) is 3.18. The maximum atomic E-state index is 12.5. The molecule has 1 aromatic rings. The Morgan fingerprint density at radius 1 is 1.30 bits per heavy atom. The molecule has 0 saturated carbocycles. The number of hydrogen-bond donors (Lipinski definition) is 2.